The highest BCUT2D eigenvalue weighted by Crippen LogP contribution is 2.24. The van der Waals surface area contributed by atoms with Crippen molar-refractivity contribution in [2.45, 2.75) is 0 Å². The van der Waals surface area contributed by atoms with Crippen molar-refractivity contribution in [2.75, 3.05) is 38.7 Å². The second-order valence-electron chi connectivity index (χ2n) is 4.40. The summed E-state index contributed by atoms with van der Waals surface area (Å²) >= 11 is 3.39. The SMILES string of the molecule is CN1CCN(Nc2ccc(C(=O)O)cc2Br)CC1. The van der Waals surface area contributed by atoms with Gasteiger partial charge in [0.05, 0.1) is 11.3 Å². The zero-order chi connectivity index (χ0) is 13.1. The van der Waals surface area contributed by atoms with Gasteiger partial charge >= 0.3 is 5.97 Å². The van der Waals surface area contributed by atoms with E-state index < -0.39 is 5.97 Å². The Morgan fingerprint density at radius 1 is 1.33 bits per heavy atom. The van der Waals surface area contributed by atoms with Gasteiger partial charge < -0.3 is 15.4 Å². The summed E-state index contributed by atoms with van der Waals surface area (Å²) < 4.78 is 0.765. The molecule has 0 unspecified atom stereocenters. The largest absolute Gasteiger partial charge is 0.478 e. The van der Waals surface area contributed by atoms with Crippen molar-refractivity contribution in [3.8, 4) is 0 Å². The van der Waals surface area contributed by atoms with Gasteiger partial charge in [-0.2, -0.15) is 0 Å². The zero-order valence-electron chi connectivity index (χ0n) is 10.2. The van der Waals surface area contributed by atoms with Crippen molar-refractivity contribution in [1.29, 1.82) is 0 Å². The van der Waals surface area contributed by atoms with Crippen LogP contribution in [-0.4, -0.2) is 54.2 Å². The molecule has 2 rings (SSSR count). The van der Waals surface area contributed by atoms with Crippen LogP contribution in [0.2, 0.25) is 0 Å². The maximum absolute atomic E-state index is 10.8. The van der Waals surface area contributed by atoms with E-state index in [4.69, 9.17) is 5.11 Å². The van der Waals surface area contributed by atoms with E-state index in [1.54, 1.807) is 18.2 Å². The van der Waals surface area contributed by atoms with Crippen molar-refractivity contribution in [3.63, 3.8) is 0 Å². The lowest BCUT2D eigenvalue weighted by Gasteiger charge is -2.33. The monoisotopic (exact) mass is 313 g/mol. The highest BCUT2D eigenvalue weighted by atomic mass is 79.9. The summed E-state index contributed by atoms with van der Waals surface area (Å²) in [4.78, 5) is 13.1. The Morgan fingerprint density at radius 2 is 2.00 bits per heavy atom. The predicted molar refractivity (Wildman–Crippen MR) is 73.8 cm³/mol. The summed E-state index contributed by atoms with van der Waals surface area (Å²) in [5.74, 6) is -0.915. The minimum Gasteiger partial charge on any atom is -0.478 e. The summed E-state index contributed by atoms with van der Waals surface area (Å²) in [6, 6.07) is 5.00. The number of benzene rings is 1. The molecule has 1 saturated heterocycles. The highest BCUT2D eigenvalue weighted by molar-refractivity contribution is 9.10. The minimum absolute atomic E-state index is 0.283. The van der Waals surface area contributed by atoms with E-state index >= 15 is 0 Å². The molecule has 6 heteroatoms. The maximum atomic E-state index is 10.8. The van der Waals surface area contributed by atoms with Gasteiger partial charge in [-0.3, -0.25) is 0 Å². The van der Waals surface area contributed by atoms with Gasteiger partial charge in [0.15, 0.2) is 0 Å². The number of halogens is 1. The second-order valence-corrected chi connectivity index (χ2v) is 5.26. The van der Waals surface area contributed by atoms with Gasteiger partial charge in [0.2, 0.25) is 0 Å². The lowest BCUT2D eigenvalue weighted by atomic mass is 10.2. The zero-order valence-corrected chi connectivity index (χ0v) is 11.8. The number of piperazine rings is 1. The van der Waals surface area contributed by atoms with Crippen molar-refractivity contribution in [1.82, 2.24) is 9.91 Å². The lowest BCUT2D eigenvalue weighted by molar-refractivity contribution is 0.0697. The molecule has 0 radical (unpaired) electrons. The molecule has 0 bridgehead atoms. The van der Waals surface area contributed by atoms with Crippen LogP contribution in [0.3, 0.4) is 0 Å². The van der Waals surface area contributed by atoms with Crippen LogP contribution in [0.4, 0.5) is 5.69 Å². The Bertz CT molecular complexity index is 445. The molecule has 2 N–H and O–H groups in total. The number of hydrogen-bond donors (Lipinski definition) is 2. The van der Waals surface area contributed by atoms with Crippen LogP contribution >= 0.6 is 15.9 Å². The fraction of sp³-hybridized carbons (Fsp3) is 0.417. The molecule has 1 heterocycles. The summed E-state index contributed by atoms with van der Waals surface area (Å²) in [7, 11) is 2.11. The number of likely N-dealkylation sites (N-methyl/N-ethyl adjacent to an activating group) is 1. The molecule has 98 valence electrons. The van der Waals surface area contributed by atoms with Crippen molar-refractivity contribution in [2.24, 2.45) is 0 Å². The molecular weight excluding hydrogens is 298 g/mol. The van der Waals surface area contributed by atoms with E-state index in [1.165, 1.54) is 0 Å². The number of hydrogen-bond acceptors (Lipinski definition) is 4. The molecule has 1 aromatic carbocycles. The van der Waals surface area contributed by atoms with E-state index in [0.717, 1.165) is 36.3 Å². The predicted octanol–water partition coefficient (Wildman–Crippen LogP) is 1.72. The van der Waals surface area contributed by atoms with Crippen molar-refractivity contribution in [3.05, 3.63) is 28.2 Å². The van der Waals surface area contributed by atoms with Crippen molar-refractivity contribution < 1.29 is 9.90 Å². The van der Waals surface area contributed by atoms with E-state index in [-0.39, 0.29) is 5.56 Å². The number of carbonyl (C=O) groups is 1. The Labute approximate surface area is 114 Å². The van der Waals surface area contributed by atoms with Crippen molar-refractivity contribution >= 4 is 27.6 Å². The Morgan fingerprint density at radius 3 is 2.56 bits per heavy atom. The highest BCUT2D eigenvalue weighted by Gasteiger charge is 2.15. The van der Waals surface area contributed by atoms with Gasteiger partial charge in [0.25, 0.3) is 0 Å². The topological polar surface area (TPSA) is 55.8 Å². The first-order valence-electron chi connectivity index (χ1n) is 5.79. The van der Waals surface area contributed by atoms with Crippen LogP contribution in [0.15, 0.2) is 22.7 Å². The van der Waals surface area contributed by atoms with Gasteiger partial charge in [-0.25, -0.2) is 9.80 Å². The molecule has 0 aliphatic carbocycles. The number of nitrogens with one attached hydrogen (secondary N) is 1. The average molecular weight is 314 g/mol. The maximum Gasteiger partial charge on any atom is 0.335 e. The summed E-state index contributed by atoms with van der Waals surface area (Å²) in [5, 5.41) is 11.0. The molecule has 5 nitrogen and oxygen atoms in total. The molecule has 0 atom stereocenters. The van der Waals surface area contributed by atoms with Crippen LogP contribution in [0, 0.1) is 0 Å². The molecule has 1 aromatic rings. The van der Waals surface area contributed by atoms with Crippen LogP contribution in [0.25, 0.3) is 0 Å². The van der Waals surface area contributed by atoms with Gasteiger partial charge in [0.1, 0.15) is 0 Å². The number of hydrazine groups is 1. The first-order chi connectivity index (χ1) is 8.56. The molecule has 0 spiro atoms. The molecule has 1 aliphatic rings. The lowest BCUT2D eigenvalue weighted by Crippen LogP contribution is -2.46. The normalized spacial score (nSPS) is 17.7. The second kappa shape index (κ2) is 5.69. The molecule has 1 fully saturated rings. The fourth-order valence-electron chi connectivity index (χ4n) is 1.83. The molecule has 0 aromatic heterocycles. The number of rotatable bonds is 3. The van der Waals surface area contributed by atoms with Crippen LogP contribution < -0.4 is 5.43 Å². The average Bonchev–Trinajstić information content (AvgIpc) is 2.34. The third-order valence-electron chi connectivity index (χ3n) is 3.00. The van der Waals surface area contributed by atoms with E-state index in [9.17, 15) is 4.79 Å². The quantitative estimate of drug-likeness (QED) is 0.890. The molecular formula is C12H16BrN3O2. The number of carboxylic acid groups (broad SMARTS) is 1. The molecule has 0 saturated carbocycles. The molecule has 18 heavy (non-hydrogen) atoms. The molecule has 0 amide bonds. The van der Waals surface area contributed by atoms with Gasteiger partial charge in [-0.1, -0.05) is 0 Å². The number of anilines is 1. The Kier molecular flexibility index (Phi) is 4.21. The summed E-state index contributed by atoms with van der Waals surface area (Å²) in [6.07, 6.45) is 0. The fourth-order valence-corrected chi connectivity index (χ4v) is 2.29. The van der Waals surface area contributed by atoms with Crippen LogP contribution in [-0.2, 0) is 0 Å². The number of nitrogens with zero attached hydrogens (tertiary/aromatic N) is 2. The third kappa shape index (κ3) is 3.22. The van der Waals surface area contributed by atoms with Gasteiger partial charge in [-0.15, -0.1) is 0 Å². The number of aromatic carboxylic acids is 1. The van der Waals surface area contributed by atoms with E-state index in [2.05, 4.69) is 38.3 Å². The number of carboxylic acids is 1. The van der Waals surface area contributed by atoms with Gasteiger partial charge in [0, 0.05) is 30.7 Å². The Hall–Kier alpha value is -1.11. The van der Waals surface area contributed by atoms with Crippen LogP contribution in [0.5, 0.6) is 0 Å². The summed E-state index contributed by atoms with van der Waals surface area (Å²) in [6.45, 7) is 3.95. The van der Waals surface area contributed by atoms with Crippen LogP contribution in [0.1, 0.15) is 10.4 Å². The smallest absolute Gasteiger partial charge is 0.335 e. The van der Waals surface area contributed by atoms with E-state index in [1.807, 2.05) is 0 Å². The third-order valence-corrected chi connectivity index (χ3v) is 3.65. The van der Waals surface area contributed by atoms with Gasteiger partial charge in [-0.05, 0) is 41.2 Å². The molecule has 1 aliphatic heterocycles. The Balaban J connectivity index is 2.03. The first kappa shape index (κ1) is 13.3. The summed E-state index contributed by atoms with van der Waals surface area (Å²) in [5.41, 5.74) is 4.48. The standard InChI is InChI=1S/C12H16BrN3O2/c1-15-4-6-16(7-5-15)14-11-3-2-9(12(17)18)8-10(11)13/h2-3,8,14H,4-7H2,1H3,(H,17,18). The van der Waals surface area contributed by atoms with E-state index in [0.29, 0.717) is 0 Å². The minimum atomic E-state index is -0.915. The first-order valence-corrected chi connectivity index (χ1v) is 6.58.